The molecule has 22 heavy (non-hydrogen) atoms. The minimum Gasteiger partial charge on any atom is -0.389 e. The van der Waals surface area contributed by atoms with Crippen LogP contribution in [0, 0.1) is 11.8 Å². The first kappa shape index (κ1) is 15.3. The van der Waals surface area contributed by atoms with Gasteiger partial charge in [-0.15, -0.1) is 0 Å². The highest BCUT2D eigenvalue weighted by Gasteiger charge is 2.51. The lowest BCUT2D eigenvalue weighted by Gasteiger charge is -2.47. The quantitative estimate of drug-likeness (QED) is 0.878. The number of benzene rings is 2. The molecule has 0 amide bonds. The van der Waals surface area contributed by atoms with Crippen LogP contribution in [0.4, 0.5) is 0 Å². The van der Waals surface area contributed by atoms with Crippen LogP contribution in [0.3, 0.4) is 0 Å². The van der Waals surface area contributed by atoms with Crippen molar-refractivity contribution in [1.29, 1.82) is 0 Å². The van der Waals surface area contributed by atoms with E-state index in [0.29, 0.717) is 0 Å². The predicted octanol–water partition coefficient (Wildman–Crippen LogP) is 3.07. The molecule has 1 aliphatic heterocycles. The summed E-state index contributed by atoms with van der Waals surface area (Å²) >= 11 is 0. The Morgan fingerprint density at radius 2 is 1.14 bits per heavy atom. The highest BCUT2D eigenvalue weighted by molar-refractivity contribution is 5.23. The van der Waals surface area contributed by atoms with E-state index in [1.54, 1.807) is 0 Å². The Morgan fingerprint density at radius 3 is 1.50 bits per heavy atom. The van der Waals surface area contributed by atoms with E-state index in [9.17, 15) is 5.11 Å². The Morgan fingerprint density at radius 1 is 0.773 bits per heavy atom. The van der Waals surface area contributed by atoms with Crippen LogP contribution in [0.25, 0.3) is 0 Å². The maximum Gasteiger partial charge on any atom is 0.117 e. The minimum absolute atomic E-state index is 0.199. The van der Waals surface area contributed by atoms with Gasteiger partial charge in [0.2, 0.25) is 0 Å². The smallest absolute Gasteiger partial charge is 0.117 e. The lowest BCUT2D eigenvalue weighted by Crippen LogP contribution is -2.93. The average Bonchev–Trinajstić information content (AvgIpc) is 2.55. The fourth-order valence-electron chi connectivity index (χ4n) is 3.85. The molecule has 0 aliphatic carbocycles. The molecule has 0 radical (unpaired) electrons. The Hall–Kier alpha value is -1.64. The van der Waals surface area contributed by atoms with Gasteiger partial charge in [0.1, 0.15) is 12.1 Å². The van der Waals surface area contributed by atoms with Crippen LogP contribution in [0.15, 0.2) is 60.7 Å². The number of nitrogens with two attached hydrogens (primary N) is 1. The van der Waals surface area contributed by atoms with Crippen LogP contribution in [-0.2, 0) is 0 Å². The molecule has 2 nitrogen and oxygen atoms in total. The van der Waals surface area contributed by atoms with Crippen LogP contribution >= 0.6 is 0 Å². The average molecular weight is 296 g/mol. The van der Waals surface area contributed by atoms with Gasteiger partial charge in [-0.1, -0.05) is 74.5 Å². The van der Waals surface area contributed by atoms with Crippen molar-refractivity contribution in [2.24, 2.45) is 11.8 Å². The molecule has 2 aromatic carbocycles. The summed E-state index contributed by atoms with van der Waals surface area (Å²) < 4.78 is 0. The van der Waals surface area contributed by atoms with Crippen LogP contribution < -0.4 is 5.32 Å². The molecular formula is C20H26NO+. The third-order valence-electron chi connectivity index (χ3n) is 5.70. The van der Waals surface area contributed by atoms with Crippen molar-refractivity contribution in [3.05, 3.63) is 71.8 Å². The molecule has 3 rings (SSSR count). The molecule has 0 bridgehead atoms. The number of aliphatic hydroxyl groups is 1. The van der Waals surface area contributed by atoms with Gasteiger partial charge < -0.3 is 10.4 Å². The maximum atomic E-state index is 11.2. The van der Waals surface area contributed by atoms with E-state index >= 15 is 0 Å². The zero-order valence-corrected chi connectivity index (χ0v) is 13.6. The summed E-state index contributed by atoms with van der Waals surface area (Å²) in [5.74, 6) is 0.398. The fraction of sp³-hybridized carbons (Fsp3) is 0.400. The van der Waals surface area contributed by atoms with Crippen molar-refractivity contribution in [2.75, 3.05) is 0 Å². The van der Waals surface area contributed by atoms with Crippen LogP contribution in [-0.4, -0.2) is 10.7 Å². The van der Waals surface area contributed by atoms with E-state index in [2.05, 4.69) is 67.7 Å². The third kappa shape index (κ3) is 2.57. The minimum atomic E-state index is -0.685. The molecule has 0 spiro atoms. The highest BCUT2D eigenvalue weighted by Crippen LogP contribution is 2.42. The van der Waals surface area contributed by atoms with E-state index < -0.39 is 5.60 Å². The van der Waals surface area contributed by atoms with Gasteiger partial charge in [-0.3, -0.25) is 0 Å². The van der Waals surface area contributed by atoms with Crippen LogP contribution in [0.5, 0.6) is 0 Å². The Bertz CT molecular complexity index is 555. The topological polar surface area (TPSA) is 36.8 Å². The number of piperidine rings is 1. The van der Waals surface area contributed by atoms with Crippen molar-refractivity contribution in [3.63, 3.8) is 0 Å². The molecule has 3 N–H and O–H groups in total. The van der Waals surface area contributed by atoms with Crippen molar-refractivity contribution in [1.82, 2.24) is 0 Å². The molecule has 1 heterocycles. The first-order chi connectivity index (χ1) is 10.5. The zero-order chi connectivity index (χ0) is 15.7. The number of hydrogen-bond acceptors (Lipinski definition) is 1. The molecule has 1 saturated heterocycles. The fourth-order valence-corrected chi connectivity index (χ4v) is 3.85. The molecule has 116 valence electrons. The first-order valence-electron chi connectivity index (χ1n) is 8.19. The van der Waals surface area contributed by atoms with Crippen molar-refractivity contribution >= 4 is 0 Å². The SMILES string of the molecule is C[C@@H]1[C@@H](c2ccccc2)[NH2+][C@H](c2ccccc2)[C@H](C)C1(C)O. The van der Waals surface area contributed by atoms with Gasteiger partial charge >= 0.3 is 0 Å². The normalized spacial score (nSPS) is 35.3. The van der Waals surface area contributed by atoms with Gasteiger partial charge in [0.15, 0.2) is 0 Å². The van der Waals surface area contributed by atoms with Gasteiger partial charge in [-0.25, -0.2) is 0 Å². The summed E-state index contributed by atoms with van der Waals surface area (Å²) in [6, 6.07) is 21.7. The highest BCUT2D eigenvalue weighted by atomic mass is 16.3. The Labute approximate surface area is 133 Å². The van der Waals surface area contributed by atoms with Gasteiger partial charge in [-0.2, -0.15) is 0 Å². The summed E-state index contributed by atoms with van der Waals surface area (Å²) in [4.78, 5) is 0. The van der Waals surface area contributed by atoms with Crippen LogP contribution in [0.2, 0.25) is 0 Å². The molecule has 0 saturated carbocycles. The summed E-state index contributed by atoms with van der Waals surface area (Å²) in [5.41, 5.74) is 1.90. The Kier molecular flexibility index (Phi) is 4.07. The standard InChI is InChI=1S/C20H25NO/c1-14-18(16-10-6-4-7-11-16)21-19(15(2)20(14,3)22)17-12-8-5-9-13-17/h4-15,18-19,21-22H,1-3H3/p+1/t14-,15+,18-,19-,20?/m0/s1. The molecule has 1 fully saturated rings. The summed E-state index contributed by atoms with van der Waals surface area (Å²) in [7, 11) is 0. The monoisotopic (exact) mass is 296 g/mol. The largest absolute Gasteiger partial charge is 0.389 e. The second-order valence-electron chi connectivity index (χ2n) is 6.87. The van der Waals surface area contributed by atoms with E-state index in [-0.39, 0.29) is 23.9 Å². The summed E-state index contributed by atoms with van der Waals surface area (Å²) in [6.45, 7) is 6.35. The van der Waals surface area contributed by atoms with E-state index in [0.717, 1.165) is 0 Å². The summed E-state index contributed by atoms with van der Waals surface area (Å²) in [5, 5.41) is 13.6. The second kappa shape index (κ2) is 5.86. The van der Waals surface area contributed by atoms with E-state index in [1.807, 2.05) is 19.1 Å². The number of rotatable bonds is 2. The zero-order valence-electron chi connectivity index (χ0n) is 13.6. The molecule has 2 aromatic rings. The predicted molar refractivity (Wildman–Crippen MR) is 89.2 cm³/mol. The maximum absolute atomic E-state index is 11.2. The molecule has 1 unspecified atom stereocenters. The van der Waals surface area contributed by atoms with Crippen molar-refractivity contribution in [3.8, 4) is 0 Å². The number of quaternary nitrogens is 1. The van der Waals surface area contributed by atoms with E-state index in [1.165, 1.54) is 11.1 Å². The van der Waals surface area contributed by atoms with Crippen molar-refractivity contribution in [2.45, 2.75) is 38.5 Å². The lowest BCUT2D eigenvalue weighted by atomic mass is 9.67. The molecule has 2 heteroatoms. The van der Waals surface area contributed by atoms with Gasteiger partial charge in [-0.05, 0) is 6.92 Å². The number of hydrogen-bond donors (Lipinski definition) is 2. The second-order valence-corrected chi connectivity index (χ2v) is 6.87. The third-order valence-corrected chi connectivity index (χ3v) is 5.70. The molecule has 5 atom stereocenters. The van der Waals surface area contributed by atoms with Crippen molar-refractivity contribution < 1.29 is 10.4 Å². The van der Waals surface area contributed by atoms with E-state index in [4.69, 9.17) is 0 Å². The summed E-state index contributed by atoms with van der Waals surface area (Å²) in [6.07, 6.45) is 0. The van der Waals surface area contributed by atoms with Crippen LogP contribution in [0.1, 0.15) is 44.0 Å². The van der Waals surface area contributed by atoms with Gasteiger partial charge in [0.25, 0.3) is 0 Å². The molecule has 1 aliphatic rings. The van der Waals surface area contributed by atoms with Gasteiger partial charge in [0, 0.05) is 23.0 Å². The van der Waals surface area contributed by atoms with Gasteiger partial charge in [0.05, 0.1) is 5.60 Å². The Balaban J connectivity index is 1.99. The first-order valence-corrected chi connectivity index (χ1v) is 8.19. The molecular weight excluding hydrogens is 270 g/mol. The molecule has 0 aromatic heterocycles. The lowest BCUT2D eigenvalue weighted by molar-refractivity contribution is -0.763.